The van der Waals surface area contributed by atoms with E-state index in [2.05, 4.69) is 104 Å². The number of aromatic nitrogens is 3. The van der Waals surface area contributed by atoms with Crippen LogP contribution < -0.4 is 9.75 Å². The molecule has 0 fully saturated rings. The molecule has 0 saturated carbocycles. The first kappa shape index (κ1) is 19.9. The molecule has 0 aliphatic heterocycles. The number of rotatable bonds is 1. The van der Waals surface area contributed by atoms with Crippen molar-refractivity contribution < 1.29 is 4.57 Å². The van der Waals surface area contributed by atoms with Gasteiger partial charge in [0.05, 0.1) is 42.4 Å². The van der Waals surface area contributed by atoms with E-state index in [0.29, 0.717) is 0 Å². The fraction of sp³-hybridized carbons (Fsp3) is 0.200. The summed E-state index contributed by atoms with van der Waals surface area (Å²) in [6, 6.07) is 20.2. The Balaban J connectivity index is 1.99. The third-order valence-corrected chi connectivity index (χ3v) is 9.86. The minimum Gasteiger partial charge on any atom is -0.307 e. The molecular formula is C30H28N3Si+. The van der Waals surface area contributed by atoms with Crippen LogP contribution in [0.1, 0.15) is 11.1 Å². The van der Waals surface area contributed by atoms with E-state index in [0.717, 1.165) is 5.52 Å². The summed E-state index contributed by atoms with van der Waals surface area (Å²) >= 11 is 0. The van der Waals surface area contributed by atoms with Gasteiger partial charge in [-0.25, -0.2) is 4.57 Å². The number of para-hydroxylation sites is 1. The smallest absolute Gasteiger partial charge is 0.287 e. The number of hydrogen-bond donors (Lipinski definition) is 0. The van der Waals surface area contributed by atoms with Crippen LogP contribution in [0.3, 0.4) is 0 Å². The van der Waals surface area contributed by atoms with Crippen molar-refractivity contribution in [3.8, 4) is 0 Å². The fourth-order valence-corrected chi connectivity index (χ4v) is 7.90. The molecule has 166 valence electrons. The van der Waals surface area contributed by atoms with Crippen LogP contribution in [0.2, 0.25) is 19.6 Å². The van der Waals surface area contributed by atoms with E-state index >= 15 is 0 Å². The molecule has 0 atom stereocenters. The van der Waals surface area contributed by atoms with Gasteiger partial charge in [0, 0.05) is 10.8 Å². The van der Waals surface area contributed by atoms with Gasteiger partial charge in [0.25, 0.3) is 6.33 Å². The van der Waals surface area contributed by atoms with E-state index < -0.39 is 8.07 Å². The van der Waals surface area contributed by atoms with Crippen molar-refractivity contribution in [2.24, 2.45) is 7.05 Å². The monoisotopic (exact) mass is 458 g/mol. The minimum atomic E-state index is -1.65. The maximum atomic E-state index is 4.97. The number of fused-ring (bicyclic) bond motifs is 7. The number of hydrogen-bond acceptors (Lipinski definition) is 1. The Morgan fingerprint density at radius 3 is 2.12 bits per heavy atom. The summed E-state index contributed by atoms with van der Waals surface area (Å²) < 4.78 is 4.80. The van der Waals surface area contributed by atoms with Crippen LogP contribution in [0, 0.1) is 13.8 Å². The first-order chi connectivity index (χ1) is 16.3. The topological polar surface area (TPSA) is 21.2 Å². The first-order valence-corrected chi connectivity index (χ1v) is 15.6. The van der Waals surface area contributed by atoms with E-state index in [-0.39, 0.29) is 0 Å². The summed E-state index contributed by atoms with van der Waals surface area (Å²) in [5.41, 5.74) is 9.02. The molecule has 0 aliphatic rings. The molecule has 0 unspecified atom stereocenters. The summed E-state index contributed by atoms with van der Waals surface area (Å²) in [5.74, 6) is 0. The zero-order valence-electron chi connectivity index (χ0n) is 20.6. The van der Waals surface area contributed by atoms with Crippen molar-refractivity contribution in [3.05, 3.63) is 72.1 Å². The van der Waals surface area contributed by atoms with Gasteiger partial charge in [0.2, 0.25) is 0 Å². The van der Waals surface area contributed by atoms with Gasteiger partial charge in [-0.15, -0.1) is 0 Å². The molecule has 3 nitrogen and oxygen atoms in total. The van der Waals surface area contributed by atoms with Gasteiger partial charge in [-0.1, -0.05) is 62.1 Å². The number of pyridine rings is 1. The van der Waals surface area contributed by atoms with Crippen molar-refractivity contribution >= 4 is 73.2 Å². The van der Waals surface area contributed by atoms with Crippen molar-refractivity contribution in [1.82, 2.24) is 9.38 Å². The van der Waals surface area contributed by atoms with E-state index in [9.17, 15) is 0 Å². The molecule has 7 rings (SSSR count). The third-order valence-electron chi connectivity index (χ3n) is 7.85. The van der Waals surface area contributed by atoms with E-state index in [1.54, 1.807) is 0 Å². The van der Waals surface area contributed by atoms with Gasteiger partial charge in [0.1, 0.15) is 5.52 Å². The number of aryl methyl sites for hydroxylation is 3. The molecule has 4 heteroatoms. The van der Waals surface area contributed by atoms with Gasteiger partial charge >= 0.3 is 0 Å². The Kier molecular flexibility index (Phi) is 3.71. The lowest BCUT2D eigenvalue weighted by Crippen LogP contribution is -2.38. The second-order valence-electron chi connectivity index (χ2n) is 10.9. The lowest BCUT2D eigenvalue weighted by Gasteiger charge is -2.21. The molecule has 0 amide bonds. The Hall–Kier alpha value is -3.50. The highest BCUT2D eigenvalue weighted by Crippen LogP contribution is 2.43. The van der Waals surface area contributed by atoms with Gasteiger partial charge in [-0.05, 0) is 58.1 Å². The van der Waals surface area contributed by atoms with Crippen LogP contribution in [0.4, 0.5) is 0 Å². The molecule has 0 spiro atoms. The Labute approximate surface area is 199 Å². The molecule has 3 aromatic heterocycles. The highest BCUT2D eigenvalue weighted by Gasteiger charge is 2.31. The second-order valence-corrected chi connectivity index (χ2v) is 15.9. The SMILES string of the molecule is Cc1c2ccccc2c(C)c2c1c1c3c(cc([Si](C)(C)C)c4c5ccccc5n2c43)nc[n+]1C. The van der Waals surface area contributed by atoms with Gasteiger partial charge in [-0.2, -0.15) is 0 Å². The van der Waals surface area contributed by atoms with Gasteiger partial charge in [0.15, 0.2) is 5.52 Å². The summed E-state index contributed by atoms with van der Waals surface area (Å²) in [5, 5.41) is 9.56. The molecule has 3 heterocycles. The van der Waals surface area contributed by atoms with E-state index in [1.165, 1.54) is 70.7 Å². The predicted molar refractivity (Wildman–Crippen MR) is 148 cm³/mol. The Morgan fingerprint density at radius 2 is 1.41 bits per heavy atom. The fourth-order valence-electron chi connectivity index (χ4n) is 6.33. The highest BCUT2D eigenvalue weighted by atomic mass is 28.3. The average Bonchev–Trinajstić information content (AvgIpc) is 3.17. The summed E-state index contributed by atoms with van der Waals surface area (Å²) in [6.07, 6.45) is 2.00. The van der Waals surface area contributed by atoms with Crippen molar-refractivity contribution in [2.45, 2.75) is 33.5 Å². The maximum Gasteiger partial charge on any atom is 0.287 e. The molecular weight excluding hydrogens is 430 g/mol. The largest absolute Gasteiger partial charge is 0.307 e. The molecule has 0 N–H and O–H groups in total. The van der Waals surface area contributed by atoms with Crippen molar-refractivity contribution in [2.75, 3.05) is 0 Å². The van der Waals surface area contributed by atoms with E-state index in [1.807, 2.05) is 6.33 Å². The molecule has 34 heavy (non-hydrogen) atoms. The van der Waals surface area contributed by atoms with Crippen LogP contribution in [0.5, 0.6) is 0 Å². The van der Waals surface area contributed by atoms with Crippen LogP contribution in [0.15, 0.2) is 60.9 Å². The summed E-state index contributed by atoms with van der Waals surface area (Å²) in [7, 11) is 0.499. The van der Waals surface area contributed by atoms with Crippen molar-refractivity contribution in [3.63, 3.8) is 0 Å². The normalized spacial score (nSPS) is 13.0. The molecule has 4 aromatic carbocycles. The zero-order valence-corrected chi connectivity index (χ0v) is 21.6. The third kappa shape index (κ3) is 2.27. The van der Waals surface area contributed by atoms with Crippen LogP contribution >= 0.6 is 0 Å². The summed E-state index contributed by atoms with van der Waals surface area (Å²) in [4.78, 5) is 4.97. The molecule has 0 aliphatic carbocycles. The lowest BCUT2D eigenvalue weighted by atomic mass is 9.93. The predicted octanol–water partition coefficient (Wildman–Crippen LogP) is 6.52. The van der Waals surface area contributed by atoms with Crippen molar-refractivity contribution in [1.29, 1.82) is 0 Å². The quantitative estimate of drug-likeness (QED) is 0.119. The van der Waals surface area contributed by atoms with Crippen LogP contribution in [-0.2, 0) is 7.05 Å². The van der Waals surface area contributed by atoms with Crippen LogP contribution in [0.25, 0.3) is 59.9 Å². The molecule has 7 aromatic rings. The van der Waals surface area contributed by atoms with Gasteiger partial charge in [-0.3, -0.25) is 0 Å². The number of benzene rings is 4. The van der Waals surface area contributed by atoms with E-state index in [4.69, 9.17) is 4.98 Å². The zero-order chi connectivity index (χ0) is 23.5. The molecule has 0 saturated heterocycles. The lowest BCUT2D eigenvalue weighted by molar-refractivity contribution is -0.646. The van der Waals surface area contributed by atoms with Crippen LogP contribution in [-0.4, -0.2) is 17.5 Å². The standard InChI is InChI=1S/C30H28N3Si/c1-17-19-11-7-8-12-20(19)18(2)28-25(17)29-27-22(31-16-32(29)3)15-24(34(4,5)6)26-21-13-9-10-14-23(21)33(28)30(26)27/h7-16H,1-6H3/q+1. The Morgan fingerprint density at radius 1 is 0.765 bits per heavy atom. The second kappa shape index (κ2) is 6.33. The molecule has 0 bridgehead atoms. The number of nitrogens with zero attached hydrogens (tertiary/aromatic N) is 3. The van der Waals surface area contributed by atoms with Gasteiger partial charge < -0.3 is 4.40 Å². The first-order valence-electron chi connectivity index (χ1n) is 12.1. The average molecular weight is 459 g/mol. The highest BCUT2D eigenvalue weighted by molar-refractivity contribution is 6.91. The summed E-state index contributed by atoms with van der Waals surface area (Å²) in [6.45, 7) is 11.9. The molecule has 0 radical (unpaired) electrons. The maximum absolute atomic E-state index is 4.97. The minimum absolute atomic E-state index is 1.11. The Bertz CT molecular complexity index is 1970.